The summed E-state index contributed by atoms with van der Waals surface area (Å²) in [6, 6.07) is 2.27. The molecule has 5 heteroatoms. The predicted molar refractivity (Wildman–Crippen MR) is 67.7 cm³/mol. The fourth-order valence-corrected chi connectivity index (χ4v) is 2.84. The van der Waals surface area contributed by atoms with Crippen molar-refractivity contribution >= 4 is 17.9 Å². The first-order valence-electron chi connectivity index (χ1n) is 6.09. The Morgan fingerprint density at radius 3 is 3.00 bits per heavy atom. The number of hydrogen-bond donors (Lipinski definition) is 1. The smallest absolute Gasteiger partial charge is 0.231 e. The van der Waals surface area contributed by atoms with Crippen LogP contribution in [0.25, 0.3) is 0 Å². The molecule has 0 radical (unpaired) electrons. The summed E-state index contributed by atoms with van der Waals surface area (Å²) in [4.78, 5) is 11.0. The van der Waals surface area contributed by atoms with E-state index in [4.69, 9.17) is 21.1 Å². The lowest BCUT2D eigenvalue weighted by Crippen LogP contribution is -2.23. The number of fused-ring (bicyclic) bond motifs is 1. The lowest BCUT2D eigenvalue weighted by Gasteiger charge is -2.13. The lowest BCUT2D eigenvalue weighted by atomic mass is 10.0. The van der Waals surface area contributed by atoms with Crippen LogP contribution in [0.15, 0.2) is 6.07 Å². The van der Waals surface area contributed by atoms with E-state index in [1.165, 1.54) is 6.42 Å². The second kappa shape index (κ2) is 4.78. The molecule has 1 unspecified atom stereocenters. The number of hydrogen-bond acceptors (Lipinski definition) is 4. The molecule has 1 saturated heterocycles. The van der Waals surface area contributed by atoms with Gasteiger partial charge in [0.15, 0.2) is 17.8 Å². The van der Waals surface area contributed by atoms with Gasteiger partial charge in [-0.3, -0.25) is 4.79 Å². The molecule has 1 aromatic carbocycles. The standard InChI is InChI=1S/C13H14ClNO3/c14-11-5-8(4-9-2-1-3-15-9)12-13(10(11)6-16)18-7-17-12/h5-6,9,15H,1-4,7H2. The Kier molecular flexibility index (Phi) is 3.14. The summed E-state index contributed by atoms with van der Waals surface area (Å²) in [6.45, 7) is 1.21. The largest absolute Gasteiger partial charge is 0.453 e. The van der Waals surface area contributed by atoms with Crippen LogP contribution in [0, 0.1) is 0 Å². The molecule has 1 aromatic rings. The molecule has 0 saturated carbocycles. The quantitative estimate of drug-likeness (QED) is 0.853. The normalized spacial score (nSPS) is 21.3. The summed E-state index contributed by atoms with van der Waals surface area (Å²) in [5.74, 6) is 1.17. The van der Waals surface area contributed by atoms with Gasteiger partial charge in [-0.15, -0.1) is 0 Å². The monoisotopic (exact) mass is 267 g/mol. The Labute approximate surface area is 110 Å². The van der Waals surface area contributed by atoms with Gasteiger partial charge in [-0.2, -0.15) is 0 Å². The van der Waals surface area contributed by atoms with E-state index in [0.717, 1.165) is 24.9 Å². The highest BCUT2D eigenvalue weighted by molar-refractivity contribution is 6.33. The van der Waals surface area contributed by atoms with Crippen molar-refractivity contribution in [2.75, 3.05) is 13.3 Å². The number of rotatable bonds is 3. The number of carbonyl (C=O) groups excluding carboxylic acids is 1. The molecule has 2 aliphatic rings. The third-order valence-electron chi connectivity index (χ3n) is 3.45. The van der Waals surface area contributed by atoms with Crippen molar-refractivity contribution in [3.63, 3.8) is 0 Å². The van der Waals surface area contributed by atoms with Gasteiger partial charge in [0.25, 0.3) is 0 Å². The second-order valence-corrected chi connectivity index (χ2v) is 5.02. The highest BCUT2D eigenvalue weighted by atomic mass is 35.5. The Morgan fingerprint density at radius 1 is 1.44 bits per heavy atom. The molecular formula is C13H14ClNO3. The molecule has 0 bridgehead atoms. The molecule has 96 valence electrons. The first kappa shape index (κ1) is 11.8. The van der Waals surface area contributed by atoms with Crippen molar-refractivity contribution in [1.29, 1.82) is 0 Å². The number of nitrogens with one attached hydrogen (secondary N) is 1. The Hall–Kier alpha value is -1.26. The highest BCUT2D eigenvalue weighted by Gasteiger charge is 2.26. The fourth-order valence-electron chi connectivity index (χ4n) is 2.58. The van der Waals surface area contributed by atoms with Crippen molar-refractivity contribution < 1.29 is 14.3 Å². The van der Waals surface area contributed by atoms with Gasteiger partial charge < -0.3 is 14.8 Å². The number of aldehydes is 1. The van der Waals surface area contributed by atoms with Gasteiger partial charge in [0.1, 0.15) is 0 Å². The van der Waals surface area contributed by atoms with Gasteiger partial charge in [-0.1, -0.05) is 11.6 Å². The fraction of sp³-hybridized carbons (Fsp3) is 0.462. The summed E-state index contributed by atoms with van der Waals surface area (Å²) in [6.07, 6.45) is 3.92. The van der Waals surface area contributed by atoms with Crippen molar-refractivity contribution in [1.82, 2.24) is 5.32 Å². The van der Waals surface area contributed by atoms with Gasteiger partial charge in [0.05, 0.1) is 10.6 Å². The van der Waals surface area contributed by atoms with Crippen LogP contribution in [0.3, 0.4) is 0 Å². The van der Waals surface area contributed by atoms with E-state index in [9.17, 15) is 4.79 Å². The van der Waals surface area contributed by atoms with Crippen LogP contribution in [-0.2, 0) is 6.42 Å². The Morgan fingerprint density at radius 2 is 2.28 bits per heavy atom. The van der Waals surface area contributed by atoms with Crippen molar-refractivity contribution in [2.45, 2.75) is 25.3 Å². The number of ether oxygens (including phenoxy) is 2. The molecule has 1 N–H and O–H groups in total. The first-order chi connectivity index (χ1) is 8.79. The van der Waals surface area contributed by atoms with Crippen LogP contribution < -0.4 is 14.8 Å². The van der Waals surface area contributed by atoms with E-state index < -0.39 is 0 Å². The minimum atomic E-state index is 0.154. The number of benzene rings is 1. The number of carbonyl (C=O) groups is 1. The minimum Gasteiger partial charge on any atom is -0.453 e. The molecule has 0 amide bonds. The average molecular weight is 268 g/mol. The van der Waals surface area contributed by atoms with Gasteiger partial charge in [-0.05, 0) is 31.9 Å². The van der Waals surface area contributed by atoms with Crippen molar-refractivity contribution in [2.24, 2.45) is 0 Å². The van der Waals surface area contributed by atoms with E-state index in [1.807, 2.05) is 6.07 Å². The maximum Gasteiger partial charge on any atom is 0.231 e. The Balaban J connectivity index is 1.97. The summed E-state index contributed by atoms with van der Waals surface area (Å²) < 4.78 is 10.8. The van der Waals surface area contributed by atoms with Gasteiger partial charge >= 0.3 is 0 Å². The van der Waals surface area contributed by atoms with E-state index >= 15 is 0 Å². The van der Waals surface area contributed by atoms with Crippen LogP contribution in [0.1, 0.15) is 28.8 Å². The van der Waals surface area contributed by atoms with E-state index in [-0.39, 0.29) is 6.79 Å². The number of halogens is 1. The van der Waals surface area contributed by atoms with Crippen LogP contribution in [0.2, 0.25) is 5.02 Å². The molecule has 2 heterocycles. The Bertz CT molecular complexity index is 484. The van der Waals surface area contributed by atoms with Crippen LogP contribution in [0.5, 0.6) is 11.5 Å². The second-order valence-electron chi connectivity index (χ2n) is 4.61. The lowest BCUT2D eigenvalue weighted by molar-refractivity contribution is 0.111. The molecule has 2 aliphatic heterocycles. The molecule has 1 atom stereocenters. The zero-order valence-electron chi connectivity index (χ0n) is 9.87. The van der Waals surface area contributed by atoms with Gasteiger partial charge in [0.2, 0.25) is 6.79 Å². The average Bonchev–Trinajstić information content (AvgIpc) is 2.99. The summed E-state index contributed by atoms with van der Waals surface area (Å²) in [5.41, 5.74) is 1.39. The third-order valence-corrected chi connectivity index (χ3v) is 3.77. The summed E-state index contributed by atoms with van der Waals surface area (Å²) in [5, 5.41) is 3.87. The first-order valence-corrected chi connectivity index (χ1v) is 6.47. The molecule has 4 nitrogen and oxygen atoms in total. The van der Waals surface area contributed by atoms with E-state index in [0.29, 0.717) is 34.4 Å². The van der Waals surface area contributed by atoms with E-state index in [1.54, 1.807) is 0 Å². The van der Waals surface area contributed by atoms with Gasteiger partial charge in [-0.25, -0.2) is 0 Å². The van der Waals surface area contributed by atoms with E-state index in [2.05, 4.69) is 5.32 Å². The van der Waals surface area contributed by atoms with Crippen LogP contribution in [0.4, 0.5) is 0 Å². The highest BCUT2D eigenvalue weighted by Crippen LogP contribution is 2.42. The molecular weight excluding hydrogens is 254 g/mol. The predicted octanol–water partition coefficient (Wildman–Crippen LogP) is 2.18. The summed E-state index contributed by atoms with van der Waals surface area (Å²) in [7, 11) is 0. The topological polar surface area (TPSA) is 47.6 Å². The van der Waals surface area contributed by atoms with Gasteiger partial charge in [0, 0.05) is 11.6 Å². The zero-order valence-corrected chi connectivity index (χ0v) is 10.6. The minimum absolute atomic E-state index is 0.154. The maximum absolute atomic E-state index is 11.0. The molecule has 1 fully saturated rings. The van der Waals surface area contributed by atoms with Crippen LogP contribution in [-0.4, -0.2) is 25.7 Å². The van der Waals surface area contributed by atoms with Crippen LogP contribution >= 0.6 is 11.6 Å². The molecule has 0 spiro atoms. The molecule has 0 aliphatic carbocycles. The maximum atomic E-state index is 11.0. The molecule has 3 rings (SSSR count). The third kappa shape index (κ3) is 1.95. The SMILES string of the molecule is O=Cc1c(Cl)cc(CC2CCCN2)c2c1OCO2. The summed E-state index contributed by atoms with van der Waals surface area (Å²) >= 11 is 6.11. The zero-order chi connectivity index (χ0) is 12.5. The molecule has 18 heavy (non-hydrogen) atoms. The van der Waals surface area contributed by atoms with Crippen molar-refractivity contribution in [3.8, 4) is 11.5 Å². The molecule has 0 aromatic heterocycles. The van der Waals surface area contributed by atoms with Crippen molar-refractivity contribution in [3.05, 3.63) is 22.2 Å².